The van der Waals surface area contributed by atoms with E-state index in [9.17, 15) is 18.0 Å². The molecule has 1 aliphatic carbocycles. The van der Waals surface area contributed by atoms with Gasteiger partial charge >= 0.3 is 6.18 Å². The minimum atomic E-state index is -4.92. The summed E-state index contributed by atoms with van der Waals surface area (Å²) in [5, 5.41) is 23.6. The number of nitriles is 1. The van der Waals surface area contributed by atoms with Crippen molar-refractivity contribution in [2.24, 2.45) is 22.4 Å². The third kappa shape index (κ3) is 4.77. The summed E-state index contributed by atoms with van der Waals surface area (Å²) in [6.07, 6.45) is -1.98. The van der Waals surface area contributed by atoms with Gasteiger partial charge in [-0.25, -0.2) is 0 Å². The third-order valence-corrected chi connectivity index (χ3v) is 3.27. The van der Waals surface area contributed by atoms with Crippen LogP contribution in [0.3, 0.4) is 0 Å². The molecule has 7 nitrogen and oxygen atoms in total. The van der Waals surface area contributed by atoms with Crippen LogP contribution in [0.25, 0.3) is 0 Å². The van der Waals surface area contributed by atoms with Gasteiger partial charge in [0, 0.05) is 5.57 Å². The molecule has 0 aromatic heterocycles. The lowest BCUT2D eigenvalue weighted by Crippen LogP contribution is -2.38. The quantitative estimate of drug-likeness (QED) is 0.424. The third-order valence-electron chi connectivity index (χ3n) is 3.27. The smallest absolute Gasteiger partial charge is 0.387 e. The van der Waals surface area contributed by atoms with E-state index in [2.05, 4.69) is 4.99 Å². The number of amidine groups is 1. The molecule has 0 fully saturated rings. The molecule has 1 atom stereocenters. The van der Waals surface area contributed by atoms with Crippen LogP contribution in [0.1, 0.15) is 12.8 Å². The maximum Gasteiger partial charge on any atom is 0.435 e. The van der Waals surface area contributed by atoms with E-state index < -0.39 is 41.8 Å². The van der Waals surface area contributed by atoms with E-state index in [-0.39, 0.29) is 18.4 Å². The number of carbonyl (C=O) groups is 1. The molecule has 0 saturated heterocycles. The Morgan fingerprint density at radius 1 is 1.33 bits per heavy atom. The second kappa shape index (κ2) is 7.54. The average molecular weight is 340 g/mol. The molecular formula is C14H15F3N6O. The number of nitrogens with zero attached hydrogens (tertiary/aromatic N) is 2. The number of nitrogens with one attached hydrogen (secondary N) is 2. The molecular weight excluding hydrogens is 325 g/mol. The lowest BCUT2D eigenvalue weighted by atomic mass is 9.93. The Kier molecular flexibility index (Phi) is 6.00. The SMILES string of the molecule is N#CC1=CC=C(C(=N)C(=NCC(C(=N)N)C(N)=O)C(F)(F)F)CC1. The van der Waals surface area contributed by atoms with Crippen LogP contribution >= 0.6 is 0 Å². The molecule has 6 N–H and O–H groups in total. The highest BCUT2D eigenvalue weighted by Crippen LogP contribution is 2.25. The van der Waals surface area contributed by atoms with Crippen LogP contribution in [0.5, 0.6) is 0 Å². The lowest BCUT2D eigenvalue weighted by molar-refractivity contribution is -0.119. The van der Waals surface area contributed by atoms with Crippen molar-refractivity contribution in [1.29, 1.82) is 16.1 Å². The van der Waals surface area contributed by atoms with Crippen LogP contribution in [-0.2, 0) is 4.79 Å². The zero-order valence-corrected chi connectivity index (χ0v) is 12.4. The van der Waals surface area contributed by atoms with E-state index in [1.165, 1.54) is 12.2 Å². The van der Waals surface area contributed by atoms with Gasteiger partial charge in [0.15, 0.2) is 5.71 Å². The fourth-order valence-electron chi connectivity index (χ4n) is 1.93. The first-order valence-corrected chi connectivity index (χ1v) is 6.72. The van der Waals surface area contributed by atoms with Gasteiger partial charge in [0.2, 0.25) is 5.91 Å². The second-order valence-electron chi connectivity index (χ2n) is 4.97. The molecule has 10 heteroatoms. The van der Waals surface area contributed by atoms with Gasteiger partial charge in [0.1, 0.15) is 11.8 Å². The highest BCUT2D eigenvalue weighted by atomic mass is 19.4. The molecule has 0 aliphatic heterocycles. The first kappa shape index (κ1) is 19.1. The minimum Gasteiger partial charge on any atom is -0.387 e. The monoisotopic (exact) mass is 340 g/mol. The fourth-order valence-corrected chi connectivity index (χ4v) is 1.93. The highest BCUT2D eigenvalue weighted by molar-refractivity contribution is 6.49. The molecule has 128 valence electrons. The van der Waals surface area contributed by atoms with E-state index in [4.69, 9.17) is 27.5 Å². The number of aliphatic imine (C=N–C) groups is 1. The van der Waals surface area contributed by atoms with Crippen LogP contribution in [0.2, 0.25) is 0 Å². The van der Waals surface area contributed by atoms with Crippen molar-refractivity contribution < 1.29 is 18.0 Å². The Bertz CT molecular complexity index is 682. The highest BCUT2D eigenvalue weighted by Gasteiger charge is 2.40. The van der Waals surface area contributed by atoms with E-state index in [0.717, 1.165) is 0 Å². The number of carbonyl (C=O) groups excluding carboxylic acids is 1. The maximum absolute atomic E-state index is 13.2. The van der Waals surface area contributed by atoms with Crippen LogP contribution in [-0.4, -0.2) is 35.9 Å². The molecule has 0 saturated carbocycles. The molecule has 1 rings (SSSR count). The van der Waals surface area contributed by atoms with Gasteiger partial charge in [-0.1, -0.05) is 6.08 Å². The average Bonchev–Trinajstić information content (AvgIpc) is 2.49. The number of nitrogens with two attached hydrogens (primary N) is 2. The molecule has 0 aromatic carbocycles. The number of primary amides is 1. The largest absolute Gasteiger partial charge is 0.435 e. The minimum absolute atomic E-state index is 0.0727. The summed E-state index contributed by atoms with van der Waals surface area (Å²) in [6.45, 7) is -0.769. The predicted molar refractivity (Wildman–Crippen MR) is 81.7 cm³/mol. The summed E-state index contributed by atoms with van der Waals surface area (Å²) in [5.74, 6) is -3.24. The van der Waals surface area contributed by atoms with Gasteiger partial charge in [0.05, 0.1) is 18.3 Å². The number of allylic oxidation sites excluding steroid dienone is 4. The molecule has 1 unspecified atom stereocenters. The van der Waals surface area contributed by atoms with E-state index in [1.54, 1.807) is 0 Å². The van der Waals surface area contributed by atoms with Crippen molar-refractivity contribution in [1.82, 2.24) is 0 Å². The van der Waals surface area contributed by atoms with E-state index >= 15 is 0 Å². The molecule has 1 amide bonds. The van der Waals surface area contributed by atoms with Gasteiger partial charge in [-0.05, 0) is 24.5 Å². The normalized spacial score (nSPS) is 16.5. The van der Waals surface area contributed by atoms with Gasteiger partial charge < -0.3 is 11.5 Å². The number of halogens is 3. The Labute approximate surface area is 135 Å². The summed E-state index contributed by atoms with van der Waals surface area (Å²) >= 11 is 0. The van der Waals surface area contributed by atoms with Crippen molar-refractivity contribution in [3.05, 3.63) is 23.3 Å². The van der Waals surface area contributed by atoms with Crippen LogP contribution in [0.15, 0.2) is 28.3 Å². The summed E-state index contributed by atoms with van der Waals surface area (Å²) in [6, 6.07) is 1.89. The zero-order valence-electron chi connectivity index (χ0n) is 12.4. The summed E-state index contributed by atoms with van der Waals surface area (Å²) in [5.41, 5.74) is 8.24. The Hall–Kier alpha value is -2.96. The first-order chi connectivity index (χ1) is 11.1. The van der Waals surface area contributed by atoms with Crippen LogP contribution in [0, 0.1) is 28.1 Å². The number of hydrogen-bond acceptors (Lipinski definition) is 5. The number of amides is 1. The number of hydrogen-bond donors (Lipinski definition) is 4. The molecule has 0 radical (unpaired) electrons. The zero-order chi connectivity index (χ0) is 18.5. The molecule has 0 spiro atoms. The maximum atomic E-state index is 13.2. The molecule has 24 heavy (non-hydrogen) atoms. The Morgan fingerprint density at radius 3 is 2.33 bits per heavy atom. The van der Waals surface area contributed by atoms with Gasteiger partial charge in [-0.15, -0.1) is 0 Å². The van der Waals surface area contributed by atoms with Gasteiger partial charge in [-0.2, -0.15) is 18.4 Å². The summed E-state index contributed by atoms with van der Waals surface area (Å²) in [4.78, 5) is 14.4. The van der Waals surface area contributed by atoms with Crippen molar-refractivity contribution in [3.63, 3.8) is 0 Å². The van der Waals surface area contributed by atoms with Crippen LogP contribution < -0.4 is 11.5 Å². The molecule has 0 aromatic rings. The Balaban J connectivity index is 3.13. The first-order valence-electron chi connectivity index (χ1n) is 6.72. The summed E-state index contributed by atoms with van der Waals surface area (Å²) < 4.78 is 39.5. The topological polar surface area (TPSA) is 153 Å². The van der Waals surface area contributed by atoms with Gasteiger partial charge in [-0.3, -0.25) is 20.6 Å². The summed E-state index contributed by atoms with van der Waals surface area (Å²) in [7, 11) is 0. The van der Waals surface area contributed by atoms with Crippen molar-refractivity contribution in [2.75, 3.05) is 6.54 Å². The number of alkyl halides is 3. The fraction of sp³-hybridized carbons (Fsp3) is 0.357. The van der Waals surface area contributed by atoms with E-state index in [1.807, 2.05) is 6.07 Å². The standard InChI is InChI=1S/C14H15F3N6O/c15-14(16,17)11(23-6-9(12(20)21)13(22)24)10(19)8-3-1-7(5-18)2-4-8/h1,3,9,19H,2,4,6H2,(H3,20,21)(H2,22,24). The molecule has 1 aliphatic rings. The van der Waals surface area contributed by atoms with E-state index in [0.29, 0.717) is 5.57 Å². The second-order valence-corrected chi connectivity index (χ2v) is 4.97. The predicted octanol–water partition coefficient (Wildman–Crippen LogP) is 1.22. The van der Waals surface area contributed by atoms with Crippen molar-refractivity contribution in [3.8, 4) is 6.07 Å². The van der Waals surface area contributed by atoms with Crippen LogP contribution in [0.4, 0.5) is 13.2 Å². The van der Waals surface area contributed by atoms with Gasteiger partial charge in [0.25, 0.3) is 0 Å². The van der Waals surface area contributed by atoms with Crippen molar-refractivity contribution >= 4 is 23.2 Å². The molecule has 0 heterocycles. The molecule has 0 bridgehead atoms. The van der Waals surface area contributed by atoms with Crippen molar-refractivity contribution in [2.45, 2.75) is 19.0 Å². The number of rotatable bonds is 6. The Morgan fingerprint density at radius 2 is 1.96 bits per heavy atom. The lowest BCUT2D eigenvalue weighted by Gasteiger charge is -2.17.